The van der Waals surface area contributed by atoms with Gasteiger partial charge in [0.1, 0.15) is 10.6 Å². The van der Waals surface area contributed by atoms with Gasteiger partial charge in [0, 0.05) is 31.9 Å². The molecule has 1 aromatic rings. The highest BCUT2D eigenvalue weighted by Crippen LogP contribution is 2.21. The molecule has 1 aromatic heterocycles. The summed E-state index contributed by atoms with van der Waals surface area (Å²) in [7, 11) is -1.69. The van der Waals surface area contributed by atoms with E-state index in [1.807, 2.05) is 14.0 Å². The number of hydrogen-bond donors (Lipinski definition) is 2. The Labute approximate surface area is 111 Å². The molecule has 0 spiro atoms. The average Bonchev–Trinajstić information content (AvgIpc) is 2.78. The molecular weight excluding hydrogens is 270 g/mol. The summed E-state index contributed by atoms with van der Waals surface area (Å²) in [5, 5.41) is 8.81. The maximum atomic E-state index is 12.4. The molecule has 0 aromatic carbocycles. The molecule has 1 saturated heterocycles. The third-order valence-electron chi connectivity index (χ3n) is 3.26. The van der Waals surface area contributed by atoms with Crippen molar-refractivity contribution in [1.29, 1.82) is 0 Å². The lowest BCUT2D eigenvalue weighted by molar-refractivity contribution is 0.0691. The van der Waals surface area contributed by atoms with Gasteiger partial charge in [0.25, 0.3) is 0 Å². The molecule has 1 unspecified atom stereocenters. The topological polar surface area (TPSA) is 93.7 Å². The molecule has 7 nitrogen and oxygen atoms in total. The second-order valence-corrected chi connectivity index (χ2v) is 6.67. The number of aromatic nitrogens is 1. The van der Waals surface area contributed by atoms with E-state index in [4.69, 9.17) is 5.11 Å². The van der Waals surface area contributed by atoms with Crippen molar-refractivity contribution < 1.29 is 18.3 Å². The lowest BCUT2D eigenvalue weighted by atomic mass is 10.2. The fourth-order valence-electron chi connectivity index (χ4n) is 2.26. The van der Waals surface area contributed by atoms with Crippen LogP contribution >= 0.6 is 0 Å². The molecule has 1 aliphatic rings. The molecule has 8 heteroatoms. The Balaban J connectivity index is 2.28. The van der Waals surface area contributed by atoms with Crippen LogP contribution in [0.5, 0.6) is 0 Å². The molecule has 2 rings (SSSR count). The van der Waals surface area contributed by atoms with E-state index in [0.717, 1.165) is 6.07 Å². The molecule has 0 radical (unpaired) electrons. The number of carboxylic acid groups (broad SMARTS) is 1. The van der Waals surface area contributed by atoms with Crippen LogP contribution in [0.15, 0.2) is 17.2 Å². The quantitative estimate of drug-likeness (QED) is 0.818. The Bertz CT molecular complexity index is 581. The summed E-state index contributed by atoms with van der Waals surface area (Å²) in [5.74, 6) is -1.17. The number of hydrogen-bond acceptors (Lipinski definition) is 4. The zero-order chi connectivity index (χ0) is 14.2. The number of nitrogens with zero attached hydrogens (tertiary/aromatic N) is 2. The molecule has 2 heterocycles. The number of carboxylic acids is 1. The molecular formula is C11H17N3O4S. The van der Waals surface area contributed by atoms with Crippen LogP contribution in [0.3, 0.4) is 0 Å². The second kappa shape index (κ2) is 4.95. The van der Waals surface area contributed by atoms with Gasteiger partial charge in [-0.25, -0.2) is 13.2 Å². The van der Waals surface area contributed by atoms with Crippen LogP contribution < -0.4 is 0 Å². The second-order valence-electron chi connectivity index (χ2n) is 4.78. The third-order valence-corrected chi connectivity index (χ3v) is 5.25. The number of aromatic carboxylic acids is 1. The van der Waals surface area contributed by atoms with E-state index in [1.54, 1.807) is 0 Å². The largest absolute Gasteiger partial charge is 0.477 e. The smallest absolute Gasteiger partial charge is 0.352 e. The standard InChI is InChI=1S/C11H17N3O4S/c1-8-7-13(2)3-4-14(8)19(17,18)9-5-10(11(15)16)12-6-9/h5-6,8,12H,3-4,7H2,1-2H3,(H,15,16). The molecule has 0 saturated carbocycles. The van der Waals surface area contributed by atoms with Gasteiger partial charge < -0.3 is 15.0 Å². The number of sulfonamides is 1. The first-order valence-electron chi connectivity index (χ1n) is 5.94. The minimum Gasteiger partial charge on any atom is -0.477 e. The average molecular weight is 287 g/mol. The number of nitrogens with one attached hydrogen (secondary N) is 1. The number of rotatable bonds is 3. The molecule has 106 valence electrons. The summed E-state index contributed by atoms with van der Waals surface area (Å²) < 4.78 is 26.3. The summed E-state index contributed by atoms with van der Waals surface area (Å²) in [6, 6.07) is 1.02. The van der Waals surface area contributed by atoms with Crippen LogP contribution in [0, 0.1) is 0 Å². The Morgan fingerprint density at radius 3 is 2.68 bits per heavy atom. The van der Waals surface area contributed by atoms with Crippen molar-refractivity contribution in [3.8, 4) is 0 Å². The zero-order valence-electron chi connectivity index (χ0n) is 10.8. The molecule has 1 aliphatic heterocycles. The van der Waals surface area contributed by atoms with Crippen LogP contribution in [-0.2, 0) is 10.0 Å². The minimum atomic E-state index is -3.64. The van der Waals surface area contributed by atoms with E-state index in [0.29, 0.717) is 19.6 Å². The van der Waals surface area contributed by atoms with Crippen LogP contribution in [-0.4, -0.2) is 66.4 Å². The molecule has 19 heavy (non-hydrogen) atoms. The van der Waals surface area contributed by atoms with Gasteiger partial charge in [0.05, 0.1) is 0 Å². The fourth-order valence-corrected chi connectivity index (χ4v) is 3.87. The summed E-state index contributed by atoms with van der Waals surface area (Å²) in [4.78, 5) is 15.3. The predicted octanol–water partition coefficient (Wildman–Crippen LogP) is 0.0375. The van der Waals surface area contributed by atoms with E-state index < -0.39 is 16.0 Å². The summed E-state index contributed by atoms with van der Waals surface area (Å²) in [6.07, 6.45) is 1.23. The first-order chi connectivity index (χ1) is 8.82. The number of carbonyl (C=O) groups is 1. The summed E-state index contributed by atoms with van der Waals surface area (Å²) >= 11 is 0. The predicted molar refractivity (Wildman–Crippen MR) is 68.6 cm³/mol. The van der Waals surface area contributed by atoms with Gasteiger partial charge >= 0.3 is 5.97 Å². The molecule has 0 bridgehead atoms. The lowest BCUT2D eigenvalue weighted by Gasteiger charge is -2.36. The normalized spacial score (nSPS) is 22.5. The van der Waals surface area contributed by atoms with Crippen molar-refractivity contribution in [3.05, 3.63) is 18.0 Å². The SMILES string of the molecule is CC1CN(C)CCN1S(=O)(=O)c1c[nH]c(C(=O)O)c1. The maximum absolute atomic E-state index is 12.4. The zero-order valence-corrected chi connectivity index (χ0v) is 11.6. The highest BCUT2D eigenvalue weighted by Gasteiger charge is 2.33. The van der Waals surface area contributed by atoms with Crippen molar-refractivity contribution in [1.82, 2.24) is 14.2 Å². The van der Waals surface area contributed by atoms with Crippen LogP contribution in [0.25, 0.3) is 0 Å². The van der Waals surface area contributed by atoms with Gasteiger partial charge in [-0.15, -0.1) is 0 Å². The van der Waals surface area contributed by atoms with Gasteiger partial charge in [-0.05, 0) is 20.0 Å². The lowest BCUT2D eigenvalue weighted by Crippen LogP contribution is -2.52. The highest BCUT2D eigenvalue weighted by atomic mass is 32.2. The molecule has 1 atom stereocenters. The van der Waals surface area contributed by atoms with Crippen molar-refractivity contribution in [2.45, 2.75) is 17.9 Å². The minimum absolute atomic E-state index is 0.00121. The van der Waals surface area contributed by atoms with Crippen molar-refractivity contribution in [3.63, 3.8) is 0 Å². The number of aromatic amines is 1. The number of H-pyrrole nitrogens is 1. The van der Waals surface area contributed by atoms with Crippen molar-refractivity contribution >= 4 is 16.0 Å². The van der Waals surface area contributed by atoms with E-state index in [2.05, 4.69) is 9.88 Å². The van der Waals surface area contributed by atoms with E-state index in [9.17, 15) is 13.2 Å². The van der Waals surface area contributed by atoms with Crippen LogP contribution in [0.2, 0.25) is 0 Å². The van der Waals surface area contributed by atoms with Crippen molar-refractivity contribution in [2.75, 3.05) is 26.7 Å². The Hall–Kier alpha value is -1.38. The van der Waals surface area contributed by atoms with Gasteiger partial charge in [0.2, 0.25) is 10.0 Å². The first kappa shape index (κ1) is 14.0. The van der Waals surface area contributed by atoms with Gasteiger partial charge in [-0.1, -0.05) is 0 Å². The molecule has 1 fully saturated rings. The number of piperazine rings is 1. The van der Waals surface area contributed by atoms with Gasteiger partial charge in [0.15, 0.2) is 0 Å². The van der Waals surface area contributed by atoms with Crippen LogP contribution in [0.1, 0.15) is 17.4 Å². The fraction of sp³-hybridized carbons (Fsp3) is 0.545. The number of likely N-dealkylation sites (N-methyl/N-ethyl adjacent to an activating group) is 1. The van der Waals surface area contributed by atoms with Crippen molar-refractivity contribution in [2.24, 2.45) is 0 Å². The summed E-state index contributed by atoms with van der Waals surface area (Å²) in [5.41, 5.74) is -0.125. The Kier molecular flexibility index (Phi) is 3.66. The van der Waals surface area contributed by atoms with E-state index in [-0.39, 0.29) is 16.6 Å². The monoisotopic (exact) mass is 287 g/mol. The highest BCUT2D eigenvalue weighted by molar-refractivity contribution is 7.89. The molecule has 0 aliphatic carbocycles. The van der Waals surface area contributed by atoms with Gasteiger partial charge in [-0.2, -0.15) is 4.31 Å². The van der Waals surface area contributed by atoms with E-state index >= 15 is 0 Å². The first-order valence-corrected chi connectivity index (χ1v) is 7.38. The van der Waals surface area contributed by atoms with Gasteiger partial charge in [-0.3, -0.25) is 0 Å². The molecule has 2 N–H and O–H groups in total. The third kappa shape index (κ3) is 2.65. The Morgan fingerprint density at radius 2 is 2.16 bits per heavy atom. The van der Waals surface area contributed by atoms with Crippen LogP contribution in [0.4, 0.5) is 0 Å². The maximum Gasteiger partial charge on any atom is 0.352 e. The summed E-state index contributed by atoms with van der Waals surface area (Å²) in [6.45, 7) is 3.58. The Morgan fingerprint density at radius 1 is 1.47 bits per heavy atom. The molecule has 0 amide bonds. The van der Waals surface area contributed by atoms with E-state index in [1.165, 1.54) is 10.5 Å².